The number of ether oxygens (including phenoxy) is 1. The Hall–Kier alpha value is -1.06. The van der Waals surface area contributed by atoms with E-state index < -0.39 is 0 Å². The number of carbonyl (C=O) groups is 1. The van der Waals surface area contributed by atoms with Gasteiger partial charge in [0.1, 0.15) is 0 Å². The van der Waals surface area contributed by atoms with E-state index in [1.807, 2.05) is 0 Å². The molecule has 0 aromatic carbocycles. The van der Waals surface area contributed by atoms with Crippen molar-refractivity contribution in [3.05, 3.63) is 0 Å². The van der Waals surface area contributed by atoms with Crippen molar-refractivity contribution < 1.29 is 9.53 Å². The fourth-order valence-electron chi connectivity index (χ4n) is 0.719. The molecule has 1 aliphatic heterocycles. The second kappa shape index (κ2) is 2.05. The zero-order valence-electron chi connectivity index (χ0n) is 5.18. The average Bonchev–Trinajstić information content (AvgIpc) is 2.12. The van der Waals surface area contributed by atoms with Crippen LogP contribution in [0.5, 0.6) is 0 Å². The van der Waals surface area contributed by atoms with Crippen LogP contribution < -0.4 is 0 Å². The van der Waals surface area contributed by atoms with Crippen LogP contribution in [-0.2, 0) is 9.53 Å². The fraction of sp³-hybridized carbons (Fsp3) is 0.600. The molecule has 0 saturated carbocycles. The molecule has 9 heavy (non-hydrogen) atoms. The zero-order valence-corrected chi connectivity index (χ0v) is 5.18. The average molecular weight is 128 g/mol. The zero-order chi connectivity index (χ0) is 6.85. The van der Waals surface area contributed by atoms with Crippen molar-refractivity contribution in [2.75, 3.05) is 13.2 Å². The summed E-state index contributed by atoms with van der Waals surface area (Å²) in [6.45, 7) is 2.37. The Morgan fingerprint density at radius 1 is 1.89 bits per heavy atom. The highest BCUT2D eigenvalue weighted by atomic mass is 16.5. The quantitative estimate of drug-likeness (QED) is 0.531. The third-order valence-corrected chi connectivity index (χ3v) is 1.19. The van der Waals surface area contributed by atoms with Crippen LogP contribution in [0, 0.1) is 5.41 Å². The van der Waals surface area contributed by atoms with E-state index in [0.717, 1.165) is 0 Å². The van der Waals surface area contributed by atoms with E-state index in [-0.39, 0.29) is 18.5 Å². The predicted octanol–water partition coefficient (Wildman–Crippen LogP) is -0.200. The highest BCUT2D eigenvalue weighted by molar-refractivity contribution is 5.98. The normalized spacial score (nSPS) is 18.6. The van der Waals surface area contributed by atoms with Crippen LogP contribution in [0.3, 0.4) is 0 Å². The van der Waals surface area contributed by atoms with Gasteiger partial charge < -0.3 is 4.74 Å². The van der Waals surface area contributed by atoms with Gasteiger partial charge in [0.25, 0.3) is 11.9 Å². The van der Waals surface area contributed by atoms with E-state index >= 15 is 0 Å². The molecule has 1 rings (SSSR count). The maximum Gasteiger partial charge on any atom is 0.291 e. The SMILES string of the molecule is CCN1C(=N)OCC1=O. The second-order valence-electron chi connectivity index (χ2n) is 1.73. The monoisotopic (exact) mass is 128 g/mol. The first-order valence-electron chi connectivity index (χ1n) is 2.77. The molecule has 0 aliphatic carbocycles. The number of nitrogens with zero attached hydrogens (tertiary/aromatic N) is 1. The number of amides is 1. The Kier molecular flexibility index (Phi) is 1.38. The van der Waals surface area contributed by atoms with Gasteiger partial charge in [0.15, 0.2) is 6.61 Å². The number of hydrogen-bond donors (Lipinski definition) is 1. The lowest BCUT2D eigenvalue weighted by Crippen LogP contribution is -2.28. The molecule has 4 heteroatoms. The Bertz CT molecular complexity index is 139. The number of amidine groups is 1. The van der Waals surface area contributed by atoms with Crippen LogP contribution in [0.1, 0.15) is 6.92 Å². The number of nitrogens with one attached hydrogen (secondary N) is 1. The van der Waals surface area contributed by atoms with Crippen molar-refractivity contribution in [1.29, 1.82) is 5.41 Å². The maximum absolute atomic E-state index is 10.7. The van der Waals surface area contributed by atoms with Crippen LogP contribution in [0.4, 0.5) is 0 Å². The molecule has 0 unspecified atom stereocenters. The molecule has 0 radical (unpaired) electrons. The Labute approximate surface area is 52.9 Å². The van der Waals surface area contributed by atoms with Gasteiger partial charge >= 0.3 is 0 Å². The lowest BCUT2D eigenvalue weighted by Gasteiger charge is -2.06. The molecule has 1 saturated heterocycles. The van der Waals surface area contributed by atoms with Crippen molar-refractivity contribution in [3.63, 3.8) is 0 Å². The smallest absolute Gasteiger partial charge is 0.291 e. The summed E-state index contributed by atoms with van der Waals surface area (Å²) in [6, 6.07) is -0.0255. The molecule has 0 aromatic rings. The summed E-state index contributed by atoms with van der Waals surface area (Å²) >= 11 is 0. The lowest BCUT2D eigenvalue weighted by atomic mass is 10.5. The Balaban J connectivity index is 2.66. The Morgan fingerprint density at radius 2 is 2.56 bits per heavy atom. The highest BCUT2D eigenvalue weighted by Crippen LogP contribution is 2.01. The number of hydrogen-bond acceptors (Lipinski definition) is 3. The van der Waals surface area contributed by atoms with Gasteiger partial charge in [0, 0.05) is 6.54 Å². The van der Waals surface area contributed by atoms with Crippen LogP contribution in [0.25, 0.3) is 0 Å². The molecule has 4 nitrogen and oxygen atoms in total. The molecule has 1 heterocycles. The molecule has 0 aromatic heterocycles. The molecule has 0 spiro atoms. The van der Waals surface area contributed by atoms with E-state index in [1.54, 1.807) is 6.92 Å². The van der Waals surface area contributed by atoms with E-state index in [4.69, 9.17) is 5.41 Å². The van der Waals surface area contributed by atoms with E-state index in [1.165, 1.54) is 4.90 Å². The Morgan fingerprint density at radius 3 is 2.78 bits per heavy atom. The molecule has 1 N–H and O–H groups in total. The van der Waals surface area contributed by atoms with Crippen molar-refractivity contribution in [2.24, 2.45) is 0 Å². The minimum atomic E-state index is -0.123. The minimum absolute atomic E-state index is 0.0255. The molecule has 50 valence electrons. The van der Waals surface area contributed by atoms with Crippen LogP contribution >= 0.6 is 0 Å². The highest BCUT2D eigenvalue weighted by Gasteiger charge is 2.25. The molecule has 0 atom stereocenters. The summed E-state index contributed by atoms with van der Waals surface area (Å²) in [5.74, 6) is -0.123. The molecule has 1 fully saturated rings. The molecule has 1 amide bonds. The first kappa shape index (κ1) is 6.07. The largest absolute Gasteiger partial charge is 0.455 e. The number of likely N-dealkylation sites (N-methyl/N-ethyl adjacent to an activating group) is 1. The summed E-state index contributed by atoms with van der Waals surface area (Å²) in [7, 11) is 0. The third-order valence-electron chi connectivity index (χ3n) is 1.19. The first-order chi connectivity index (χ1) is 4.25. The van der Waals surface area contributed by atoms with E-state index in [9.17, 15) is 4.79 Å². The topological polar surface area (TPSA) is 53.4 Å². The van der Waals surface area contributed by atoms with Crippen molar-refractivity contribution in [2.45, 2.75) is 6.92 Å². The summed E-state index contributed by atoms with van der Waals surface area (Å²) in [5, 5.41) is 7.02. The fourth-order valence-corrected chi connectivity index (χ4v) is 0.719. The van der Waals surface area contributed by atoms with Gasteiger partial charge in [-0.2, -0.15) is 0 Å². The van der Waals surface area contributed by atoms with Gasteiger partial charge in [-0.25, -0.2) is 0 Å². The van der Waals surface area contributed by atoms with Gasteiger partial charge in [-0.1, -0.05) is 0 Å². The van der Waals surface area contributed by atoms with E-state index in [2.05, 4.69) is 4.74 Å². The third kappa shape index (κ3) is 0.872. The van der Waals surface area contributed by atoms with Gasteiger partial charge in [0.05, 0.1) is 0 Å². The number of carbonyl (C=O) groups excluding carboxylic acids is 1. The molecular weight excluding hydrogens is 120 g/mol. The standard InChI is InChI=1S/C5H8N2O2/c1-2-7-4(8)3-9-5(7)6/h6H,2-3H2,1H3. The van der Waals surface area contributed by atoms with Gasteiger partial charge in [-0.15, -0.1) is 0 Å². The first-order valence-corrected chi connectivity index (χ1v) is 2.77. The van der Waals surface area contributed by atoms with Crippen molar-refractivity contribution in [1.82, 2.24) is 4.90 Å². The van der Waals surface area contributed by atoms with Gasteiger partial charge in [-0.05, 0) is 6.92 Å². The van der Waals surface area contributed by atoms with Crippen molar-refractivity contribution in [3.8, 4) is 0 Å². The maximum atomic E-state index is 10.7. The van der Waals surface area contributed by atoms with E-state index in [0.29, 0.717) is 6.54 Å². The summed E-state index contributed by atoms with van der Waals surface area (Å²) in [4.78, 5) is 12.0. The summed E-state index contributed by atoms with van der Waals surface area (Å²) in [6.07, 6.45) is 0. The molecule has 1 aliphatic rings. The van der Waals surface area contributed by atoms with Crippen LogP contribution in [0.15, 0.2) is 0 Å². The minimum Gasteiger partial charge on any atom is -0.455 e. The summed E-state index contributed by atoms with van der Waals surface area (Å²) < 4.78 is 4.63. The predicted molar refractivity (Wildman–Crippen MR) is 31.1 cm³/mol. The molecular formula is C5H8N2O2. The molecule has 0 bridgehead atoms. The van der Waals surface area contributed by atoms with Crippen LogP contribution in [0.2, 0.25) is 0 Å². The van der Waals surface area contributed by atoms with Gasteiger partial charge in [-0.3, -0.25) is 15.1 Å². The second-order valence-corrected chi connectivity index (χ2v) is 1.73. The van der Waals surface area contributed by atoms with Crippen LogP contribution in [-0.4, -0.2) is 30.0 Å². The van der Waals surface area contributed by atoms with Gasteiger partial charge in [0.2, 0.25) is 0 Å². The lowest BCUT2D eigenvalue weighted by molar-refractivity contribution is -0.125. The summed E-state index contributed by atoms with van der Waals surface area (Å²) in [5.41, 5.74) is 0. The number of rotatable bonds is 1. The van der Waals surface area contributed by atoms with Crippen molar-refractivity contribution >= 4 is 11.9 Å².